The molecule has 1 aliphatic rings. The molecule has 3 rings (SSSR count). The van der Waals surface area contributed by atoms with Gasteiger partial charge in [-0.25, -0.2) is 13.0 Å². The van der Waals surface area contributed by atoms with Crippen molar-refractivity contribution >= 4 is 52.1 Å². The van der Waals surface area contributed by atoms with E-state index in [0.717, 1.165) is 21.9 Å². The number of allylic oxidation sites excluding steroid dienone is 3. The third-order valence-corrected chi connectivity index (χ3v) is 8.37. The molecule has 9 heteroatoms. The molecular formula is C29H36F2N2O2S3. The molecule has 1 aliphatic carbocycles. The number of halogens is 2. The van der Waals surface area contributed by atoms with Crippen LogP contribution in [0.5, 0.6) is 0 Å². The van der Waals surface area contributed by atoms with Crippen LogP contribution >= 0.6 is 23.5 Å². The summed E-state index contributed by atoms with van der Waals surface area (Å²) in [4.78, 5) is 6.97. The number of methoxy groups -OCH3 is 1. The van der Waals surface area contributed by atoms with Crippen molar-refractivity contribution in [2.75, 3.05) is 23.8 Å². The summed E-state index contributed by atoms with van der Waals surface area (Å²) < 4.78 is 47.4. The molecule has 206 valence electrons. The zero-order valence-electron chi connectivity index (χ0n) is 22.4. The Kier molecular flexibility index (Phi) is 13.9. The summed E-state index contributed by atoms with van der Waals surface area (Å²) in [5, 5.41) is 0. The molecule has 4 nitrogen and oxygen atoms in total. The van der Waals surface area contributed by atoms with Gasteiger partial charge in [0.15, 0.2) is 0 Å². The number of anilines is 1. The van der Waals surface area contributed by atoms with Crippen LogP contribution in [0, 0.1) is 11.8 Å². The fraction of sp³-hybridized carbons (Fsp3) is 0.345. The van der Waals surface area contributed by atoms with Gasteiger partial charge in [-0.1, -0.05) is 45.6 Å². The summed E-state index contributed by atoms with van der Waals surface area (Å²) in [5.74, 6) is 1.59. The molecule has 0 spiro atoms. The van der Waals surface area contributed by atoms with E-state index in [2.05, 4.69) is 29.3 Å². The minimum absolute atomic E-state index is 0.00559. The van der Waals surface area contributed by atoms with Crippen LogP contribution in [0.1, 0.15) is 39.2 Å². The van der Waals surface area contributed by atoms with Crippen LogP contribution in [0.3, 0.4) is 0 Å². The van der Waals surface area contributed by atoms with Crippen molar-refractivity contribution in [3.05, 3.63) is 83.5 Å². The van der Waals surface area contributed by atoms with Gasteiger partial charge in [-0.3, -0.25) is 4.99 Å². The van der Waals surface area contributed by atoms with Crippen molar-refractivity contribution in [1.29, 1.82) is 0 Å². The number of nitrogens with one attached hydrogen (secondary N) is 1. The Morgan fingerprint density at radius 3 is 2.61 bits per heavy atom. The first-order chi connectivity index (χ1) is 18.3. The van der Waals surface area contributed by atoms with Crippen LogP contribution in [0.2, 0.25) is 0 Å². The van der Waals surface area contributed by atoms with E-state index in [1.54, 1.807) is 31.2 Å². The molecular weight excluding hydrogens is 543 g/mol. The zero-order chi connectivity index (χ0) is 28.1. The van der Waals surface area contributed by atoms with E-state index in [1.165, 1.54) is 23.9 Å². The molecule has 0 saturated heterocycles. The highest BCUT2D eigenvalue weighted by atomic mass is 32.2. The second-order valence-corrected chi connectivity index (χ2v) is 11.3. The van der Waals surface area contributed by atoms with E-state index in [-0.39, 0.29) is 11.5 Å². The highest BCUT2D eigenvalue weighted by Gasteiger charge is 2.19. The molecule has 3 atom stereocenters. The van der Waals surface area contributed by atoms with Gasteiger partial charge >= 0.3 is 0 Å². The minimum Gasteiger partial charge on any atom is -0.501 e. The Balaban J connectivity index is 0.00000247. The summed E-state index contributed by atoms with van der Waals surface area (Å²) in [5.41, 5.74) is 1.26. The van der Waals surface area contributed by atoms with Gasteiger partial charge < -0.3 is 9.46 Å². The van der Waals surface area contributed by atoms with Crippen LogP contribution in [0.25, 0.3) is 0 Å². The van der Waals surface area contributed by atoms with Gasteiger partial charge in [0, 0.05) is 38.9 Å². The summed E-state index contributed by atoms with van der Waals surface area (Å²) in [6.07, 6.45) is 7.88. The van der Waals surface area contributed by atoms with Crippen LogP contribution in [0.15, 0.2) is 92.7 Å². The first kappa shape index (κ1) is 31.9. The van der Waals surface area contributed by atoms with E-state index in [1.807, 2.05) is 56.5 Å². The minimum atomic E-state index is -2.52. The summed E-state index contributed by atoms with van der Waals surface area (Å²) in [6, 6.07) is 12.2. The van der Waals surface area contributed by atoms with Gasteiger partial charge in [0.1, 0.15) is 11.0 Å². The SMILES string of the molecule is C=C(OC)C1C=C(S(=O)Nc2ccc(SCC=Nc3cc(C(F)F)ccc3SC)cc2)C=CC(C)C1.CC. The van der Waals surface area contributed by atoms with Gasteiger partial charge in [0.25, 0.3) is 6.43 Å². The van der Waals surface area contributed by atoms with Crippen molar-refractivity contribution < 1.29 is 17.7 Å². The van der Waals surface area contributed by atoms with E-state index in [0.29, 0.717) is 28.0 Å². The van der Waals surface area contributed by atoms with Crippen molar-refractivity contribution in [1.82, 2.24) is 0 Å². The molecule has 0 radical (unpaired) electrons. The van der Waals surface area contributed by atoms with Crippen molar-refractivity contribution in [3.8, 4) is 0 Å². The molecule has 3 unspecified atom stereocenters. The predicted octanol–water partition coefficient (Wildman–Crippen LogP) is 9.20. The van der Waals surface area contributed by atoms with Crippen LogP contribution in [0.4, 0.5) is 20.2 Å². The Morgan fingerprint density at radius 1 is 1.26 bits per heavy atom. The Hall–Kier alpha value is -2.36. The molecule has 0 bridgehead atoms. The van der Waals surface area contributed by atoms with E-state index >= 15 is 0 Å². The smallest absolute Gasteiger partial charge is 0.263 e. The topological polar surface area (TPSA) is 50.7 Å². The number of nitrogens with zero attached hydrogens (tertiary/aromatic N) is 1. The quantitative estimate of drug-likeness (QED) is 0.164. The molecule has 38 heavy (non-hydrogen) atoms. The Morgan fingerprint density at radius 2 is 1.97 bits per heavy atom. The summed E-state index contributed by atoms with van der Waals surface area (Å²) in [6.45, 7) is 10.1. The van der Waals surface area contributed by atoms with Gasteiger partial charge in [0.05, 0.1) is 23.5 Å². The molecule has 0 heterocycles. The highest BCUT2D eigenvalue weighted by Crippen LogP contribution is 2.32. The maximum atomic E-state index is 13.0. The average Bonchev–Trinajstić information content (AvgIpc) is 3.14. The Labute approximate surface area is 236 Å². The predicted molar refractivity (Wildman–Crippen MR) is 162 cm³/mol. The first-order valence-corrected chi connectivity index (χ1v) is 15.7. The van der Waals surface area contributed by atoms with Crippen LogP contribution in [-0.4, -0.2) is 29.5 Å². The number of thioether (sulfide) groups is 2. The molecule has 0 fully saturated rings. The second-order valence-electron chi connectivity index (χ2n) is 8.17. The highest BCUT2D eigenvalue weighted by molar-refractivity contribution is 8.00. The largest absolute Gasteiger partial charge is 0.501 e. The van der Waals surface area contributed by atoms with Crippen molar-refractivity contribution in [2.24, 2.45) is 16.8 Å². The molecule has 0 saturated carbocycles. The summed E-state index contributed by atoms with van der Waals surface area (Å²) >= 11 is 3.05. The number of ether oxygens (including phenoxy) is 1. The molecule has 0 amide bonds. The van der Waals surface area contributed by atoms with Gasteiger partial charge in [-0.15, -0.1) is 23.5 Å². The normalized spacial score (nSPS) is 17.8. The van der Waals surface area contributed by atoms with Gasteiger partial charge in [-0.2, -0.15) is 0 Å². The van der Waals surface area contributed by atoms with Gasteiger partial charge in [0.2, 0.25) is 0 Å². The lowest BCUT2D eigenvalue weighted by atomic mass is 9.96. The average molecular weight is 579 g/mol. The number of hydrogen-bond donors (Lipinski definition) is 1. The van der Waals surface area contributed by atoms with Crippen molar-refractivity contribution in [3.63, 3.8) is 0 Å². The van der Waals surface area contributed by atoms with Crippen molar-refractivity contribution in [2.45, 2.75) is 43.4 Å². The lowest BCUT2D eigenvalue weighted by molar-refractivity contribution is 0.151. The Bertz CT molecular complexity index is 1160. The summed E-state index contributed by atoms with van der Waals surface area (Å²) in [7, 11) is 0.181. The van der Waals surface area contributed by atoms with E-state index in [9.17, 15) is 13.0 Å². The third-order valence-electron chi connectivity index (χ3n) is 5.54. The lowest BCUT2D eigenvalue weighted by Gasteiger charge is -2.16. The molecule has 0 aromatic heterocycles. The van der Waals surface area contributed by atoms with Crippen LogP contribution < -0.4 is 4.72 Å². The third kappa shape index (κ3) is 9.75. The standard InChI is InChI=1S/C27H30F2N2O2S3.C2H6/c1-18-5-11-24(16-21(15-18)19(2)33-3)36(32)31-22-7-9-23(10-8-22)35-14-13-30-25-17-20(27(28)29)6-12-26(25)34-4;1-2/h5-13,16-18,21,27,31H,2,14-15H2,1,3-4H3;1-2H3. The molecule has 2 aromatic carbocycles. The number of rotatable bonds is 11. The molecule has 1 N–H and O–H groups in total. The van der Waals surface area contributed by atoms with E-state index < -0.39 is 17.4 Å². The number of aliphatic imine (C=N–C) groups is 1. The molecule has 2 aromatic rings. The second kappa shape index (κ2) is 16.6. The molecule has 0 aliphatic heterocycles. The van der Waals surface area contributed by atoms with Gasteiger partial charge in [-0.05, 0) is 61.1 Å². The zero-order valence-corrected chi connectivity index (χ0v) is 24.9. The van der Waals surface area contributed by atoms with Crippen LogP contribution in [-0.2, 0) is 15.7 Å². The fourth-order valence-corrected chi connectivity index (χ4v) is 5.71. The number of hydrogen-bond acceptors (Lipinski definition) is 5. The number of benzene rings is 2. The fourth-order valence-electron chi connectivity index (χ4n) is 3.56. The van der Waals surface area contributed by atoms with E-state index in [4.69, 9.17) is 4.74 Å². The monoisotopic (exact) mass is 578 g/mol. The first-order valence-electron chi connectivity index (χ1n) is 12.3. The lowest BCUT2D eigenvalue weighted by Crippen LogP contribution is -2.09. The maximum absolute atomic E-state index is 13.0. The number of alkyl halides is 2. The maximum Gasteiger partial charge on any atom is 0.263 e.